The molecule has 0 aliphatic carbocycles. The van der Waals surface area contributed by atoms with Crippen LogP contribution in [0.3, 0.4) is 0 Å². The summed E-state index contributed by atoms with van der Waals surface area (Å²) < 4.78 is 11.0. The molecule has 0 amide bonds. The number of benzene rings is 1. The number of rotatable bonds is 5. The lowest BCUT2D eigenvalue weighted by Crippen LogP contribution is -2.10. The van der Waals surface area contributed by atoms with Gasteiger partial charge in [-0.05, 0) is 13.0 Å². The molecule has 0 saturated carbocycles. The molecule has 2 aromatic rings. The lowest BCUT2D eigenvalue weighted by molar-refractivity contribution is -0.384. The third-order valence-electron chi connectivity index (χ3n) is 2.78. The van der Waals surface area contributed by atoms with Crippen molar-refractivity contribution in [3.8, 4) is 11.4 Å². The van der Waals surface area contributed by atoms with Crippen LogP contribution in [0.5, 0.6) is 5.75 Å². The minimum atomic E-state index is -0.726. The summed E-state index contributed by atoms with van der Waals surface area (Å²) in [7, 11) is 1.39. The van der Waals surface area contributed by atoms with E-state index in [4.69, 9.17) is 15.2 Å². The number of carbonyl (C=O) groups excluding carboxylic acids is 1. The number of nitrogens with two attached hydrogens (primary N) is 1. The Morgan fingerprint density at radius 1 is 1.50 bits per heavy atom. The van der Waals surface area contributed by atoms with Crippen LogP contribution < -0.4 is 10.5 Å². The van der Waals surface area contributed by atoms with E-state index >= 15 is 0 Å². The number of nitrogen functional groups attached to an aromatic ring is 1. The molecule has 0 fully saturated rings. The Morgan fingerprint density at radius 3 is 2.82 bits per heavy atom. The number of nitro groups is 1. The molecular weight excluding hydrogens is 294 g/mol. The van der Waals surface area contributed by atoms with E-state index in [0.29, 0.717) is 0 Å². The number of hydrogen-bond acceptors (Lipinski definition) is 8. The zero-order chi connectivity index (χ0) is 16.3. The van der Waals surface area contributed by atoms with E-state index in [2.05, 4.69) is 10.3 Å². The normalized spacial score (nSPS) is 10.3. The van der Waals surface area contributed by atoms with Crippen molar-refractivity contribution in [1.82, 2.24) is 15.0 Å². The number of nitrogens with zero attached hydrogens (tertiary/aromatic N) is 4. The van der Waals surface area contributed by atoms with Crippen LogP contribution in [0, 0.1) is 10.1 Å². The highest BCUT2D eigenvalue weighted by molar-refractivity contribution is 5.92. The summed E-state index contributed by atoms with van der Waals surface area (Å²) in [5, 5.41) is 18.3. The van der Waals surface area contributed by atoms with Gasteiger partial charge in [-0.1, -0.05) is 5.21 Å². The van der Waals surface area contributed by atoms with Crippen LogP contribution in [-0.2, 0) is 4.74 Å². The molecule has 2 N–H and O–H groups in total. The second kappa shape index (κ2) is 6.08. The third kappa shape index (κ3) is 2.66. The summed E-state index contributed by atoms with van der Waals surface area (Å²) in [6, 6.07) is 3.90. The highest BCUT2D eigenvalue weighted by atomic mass is 16.6. The zero-order valence-corrected chi connectivity index (χ0v) is 11.8. The number of ether oxygens (including phenoxy) is 2. The van der Waals surface area contributed by atoms with E-state index in [9.17, 15) is 14.9 Å². The molecule has 1 heterocycles. The zero-order valence-electron chi connectivity index (χ0n) is 11.8. The van der Waals surface area contributed by atoms with Gasteiger partial charge in [-0.3, -0.25) is 10.1 Å². The number of methoxy groups -OCH3 is 1. The first-order chi connectivity index (χ1) is 10.5. The first kappa shape index (κ1) is 15.2. The maximum absolute atomic E-state index is 11.7. The van der Waals surface area contributed by atoms with Crippen LogP contribution >= 0.6 is 0 Å². The molecule has 0 aliphatic rings. The van der Waals surface area contributed by atoms with E-state index in [1.165, 1.54) is 25.3 Å². The predicted octanol–water partition coefficient (Wildman–Crippen LogP) is 0.943. The Kier molecular flexibility index (Phi) is 4.20. The minimum Gasteiger partial charge on any atom is -0.494 e. The van der Waals surface area contributed by atoms with Crippen LogP contribution in [0.4, 0.5) is 11.5 Å². The molecule has 10 heteroatoms. The average molecular weight is 307 g/mol. The molecule has 22 heavy (non-hydrogen) atoms. The molecule has 0 aliphatic heterocycles. The minimum absolute atomic E-state index is 0.0998. The van der Waals surface area contributed by atoms with Crippen molar-refractivity contribution in [2.45, 2.75) is 6.92 Å². The Hall–Kier alpha value is -3.17. The van der Waals surface area contributed by atoms with E-state index in [0.717, 1.165) is 4.68 Å². The molecule has 0 unspecified atom stereocenters. The summed E-state index contributed by atoms with van der Waals surface area (Å²) in [6.45, 7) is 1.80. The summed E-state index contributed by atoms with van der Waals surface area (Å²) in [6.07, 6.45) is 0. The standard InChI is InChI=1S/C12H13N5O5/c1-3-22-12(18)10-11(13)16(15-14-10)8-6-7(17(19)20)4-5-9(8)21-2/h4-6H,3,13H2,1-2H3. The van der Waals surface area contributed by atoms with Gasteiger partial charge in [0.25, 0.3) is 5.69 Å². The molecule has 0 saturated heterocycles. The quantitative estimate of drug-likeness (QED) is 0.489. The van der Waals surface area contributed by atoms with Crippen molar-refractivity contribution >= 4 is 17.5 Å². The largest absolute Gasteiger partial charge is 0.494 e. The second-order valence-corrected chi connectivity index (χ2v) is 4.07. The van der Waals surface area contributed by atoms with Crippen LogP contribution in [0.2, 0.25) is 0 Å². The maximum atomic E-state index is 11.7. The highest BCUT2D eigenvalue weighted by Crippen LogP contribution is 2.29. The second-order valence-electron chi connectivity index (χ2n) is 4.07. The first-order valence-electron chi connectivity index (χ1n) is 6.20. The summed E-state index contributed by atoms with van der Waals surface area (Å²) >= 11 is 0. The smallest absolute Gasteiger partial charge is 0.362 e. The topological polar surface area (TPSA) is 135 Å². The van der Waals surface area contributed by atoms with Gasteiger partial charge in [0.15, 0.2) is 5.82 Å². The van der Waals surface area contributed by atoms with Crippen LogP contribution in [0.15, 0.2) is 18.2 Å². The molecule has 0 atom stereocenters. The van der Waals surface area contributed by atoms with Crippen molar-refractivity contribution in [1.29, 1.82) is 0 Å². The lowest BCUT2D eigenvalue weighted by atomic mass is 10.2. The molecule has 10 nitrogen and oxygen atoms in total. The van der Waals surface area contributed by atoms with Gasteiger partial charge in [-0.2, -0.15) is 4.68 Å². The van der Waals surface area contributed by atoms with Crippen molar-refractivity contribution in [2.24, 2.45) is 0 Å². The Balaban J connectivity index is 2.54. The number of aromatic nitrogens is 3. The number of carbonyl (C=O) groups is 1. The van der Waals surface area contributed by atoms with Gasteiger partial charge in [0.2, 0.25) is 5.69 Å². The molecule has 1 aromatic carbocycles. The highest BCUT2D eigenvalue weighted by Gasteiger charge is 2.22. The van der Waals surface area contributed by atoms with Crippen LogP contribution in [0.1, 0.15) is 17.4 Å². The monoisotopic (exact) mass is 307 g/mol. The molecule has 1 aromatic heterocycles. The predicted molar refractivity (Wildman–Crippen MR) is 74.9 cm³/mol. The molecule has 116 valence electrons. The van der Waals surface area contributed by atoms with Crippen LogP contribution in [0.25, 0.3) is 5.69 Å². The van der Waals surface area contributed by atoms with Crippen molar-refractivity contribution in [3.05, 3.63) is 34.0 Å². The van der Waals surface area contributed by atoms with Crippen molar-refractivity contribution in [3.63, 3.8) is 0 Å². The number of anilines is 1. The van der Waals surface area contributed by atoms with E-state index in [1.54, 1.807) is 6.92 Å². The number of esters is 1. The van der Waals surface area contributed by atoms with Crippen molar-refractivity contribution in [2.75, 3.05) is 19.5 Å². The van der Waals surface area contributed by atoms with E-state index in [-0.39, 0.29) is 35.2 Å². The van der Waals surface area contributed by atoms with Crippen LogP contribution in [-0.4, -0.2) is 39.6 Å². The van der Waals surface area contributed by atoms with E-state index < -0.39 is 10.9 Å². The fourth-order valence-electron chi connectivity index (χ4n) is 1.77. The Bertz CT molecular complexity index is 727. The first-order valence-corrected chi connectivity index (χ1v) is 6.20. The molecule has 0 radical (unpaired) electrons. The lowest BCUT2D eigenvalue weighted by Gasteiger charge is -2.08. The average Bonchev–Trinajstić information content (AvgIpc) is 2.88. The molecule has 0 spiro atoms. The summed E-state index contributed by atoms with van der Waals surface area (Å²) in [5.41, 5.74) is 5.67. The molecule has 0 bridgehead atoms. The molecule has 2 rings (SSSR count). The third-order valence-corrected chi connectivity index (χ3v) is 2.78. The van der Waals surface area contributed by atoms with Gasteiger partial charge in [0, 0.05) is 12.1 Å². The van der Waals surface area contributed by atoms with Crippen molar-refractivity contribution < 1.29 is 19.2 Å². The maximum Gasteiger partial charge on any atom is 0.362 e. The van der Waals surface area contributed by atoms with Gasteiger partial charge >= 0.3 is 5.97 Å². The van der Waals surface area contributed by atoms with Gasteiger partial charge in [-0.25, -0.2) is 4.79 Å². The number of hydrogen-bond donors (Lipinski definition) is 1. The SMILES string of the molecule is CCOC(=O)c1nnn(-c2cc([N+](=O)[O-])ccc2OC)c1N. The van der Waals surface area contributed by atoms with Gasteiger partial charge in [-0.15, -0.1) is 5.10 Å². The van der Waals surface area contributed by atoms with Gasteiger partial charge in [0.05, 0.1) is 18.6 Å². The molecular formula is C12H13N5O5. The fourth-order valence-corrected chi connectivity index (χ4v) is 1.77. The fraction of sp³-hybridized carbons (Fsp3) is 0.250. The van der Waals surface area contributed by atoms with E-state index in [1.807, 2.05) is 0 Å². The number of nitro benzene ring substituents is 1. The Labute approximate surface area is 124 Å². The van der Waals surface area contributed by atoms with Gasteiger partial charge < -0.3 is 15.2 Å². The summed E-state index contributed by atoms with van der Waals surface area (Å²) in [4.78, 5) is 22.0. The Morgan fingerprint density at radius 2 is 2.23 bits per heavy atom. The number of non-ortho nitro benzene ring substituents is 1. The summed E-state index contributed by atoms with van der Waals surface area (Å²) in [5.74, 6) is -0.537. The van der Waals surface area contributed by atoms with Gasteiger partial charge in [0.1, 0.15) is 11.4 Å².